The highest BCUT2D eigenvalue weighted by Crippen LogP contribution is 2.03. The van der Waals surface area contributed by atoms with Gasteiger partial charge in [0.15, 0.2) is 8.32 Å². The highest BCUT2D eigenvalue weighted by atomic mass is 28.4. The molecule has 0 fully saturated rings. The molecule has 0 N–H and O–H groups in total. The smallest absolute Gasteiger partial charge is 0.305 e. The molecule has 0 radical (unpaired) electrons. The fourth-order valence-electron chi connectivity index (χ4n) is 1.93. The second kappa shape index (κ2) is 17.0. The minimum atomic E-state index is -1.43. The first-order valence-corrected chi connectivity index (χ1v) is 12.9. The van der Waals surface area contributed by atoms with E-state index >= 15 is 0 Å². The van der Waals surface area contributed by atoms with E-state index in [1.54, 1.807) is 0 Å². The zero-order valence-corrected chi connectivity index (χ0v) is 17.6. The average Bonchev–Trinajstić information content (AvgIpc) is 2.55. The van der Waals surface area contributed by atoms with Crippen molar-refractivity contribution in [3.05, 3.63) is 0 Å². The Balaban J connectivity index is 3.15. The molecule has 7 heteroatoms. The van der Waals surface area contributed by atoms with E-state index in [1.807, 2.05) is 0 Å². The normalized spacial score (nSPS) is 11.7. The second-order valence-electron chi connectivity index (χ2n) is 6.83. The quantitative estimate of drug-likeness (QED) is 0.207. The van der Waals surface area contributed by atoms with E-state index in [2.05, 4.69) is 26.6 Å². The van der Waals surface area contributed by atoms with Crippen LogP contribution in [0.25, 0.3) is 0 Å². The van der Waals surface area contributed by atoms with Gasteiger partial charge in [-0.15, -0.1) is 0 Å². The molecule has 0 aromatic heterocycles. The standard InChI is InChI=1S/C18H38O6Si/c1-5-6-7-8-9-18(19)23-16-14-21-12-10-20-11-13-22-15-17-24-25(2,3)4/h5-17H2,1-4H3. The number of carbonyl (C=O) groups is 1. The van der Waals surface area contributed by atoms with E-state index in [0.717, 1.165) is 12.8 Å². The summed E-state index contributed by atoms with van der Waals surface area (Å²) in [6.45, 7) is 12.7. The first-order valence-electron chi connectivity index (χ1n) is 9.48. The van der Waals surface area contributed by atoms with Crippen LogP contribution in [0.5, 0.6) is 0 Å². The van der Waals surface area contributed by atoms with Gasteiger partial charge in [-0.05, 0) is 26.1 Å². The van der Waals surface area contributed by atoms with Gasteiger partial charge < -0.3 is 23.4 Å². The van der Waals surface area contributed by atoms with Crippen LogP contribution in [0.1, 0.15) is 39.0 Å². The van der Waals surface area contributed by atoms with Crippen LogP contribution >= 0.6 is 0 Å². The molecule has 0 amide bonds. The van der Waals surface area contributed by atoms with Crippen molar-refractivity contribution < 1.29 is 28.2 Å². The molecule has 25 heavy (non-hydrogen) atoms. The summed E-state index contributed by atoms with van der Waals surface area (Å²) < 4.78 is 26.9. The van der Waals surface area contributed by atoms with Crippen LogP contribution in [0.4, 0.5) is 0 Å². The molecule has 0 aromatic rings. The van der Waals surface area contributed by atoms with Crippen LogP contribution in [-0.4, -0.2) is 67.1 Å². The summed E-state index contributed by atoms with van der Waals surface area (Å²) in [5.74, 6) is -0.133. The van der Waals surface area contributed by atoms with E-state index < -0.39 is 8.32 Å². The van der Waals surface area contributed by atoms with Crippen molar-refractivity contribution >= 4 is 14.3 Å². The lowest BCUT2D eigenvalue weighted by Gasteiger charge is -2.16. The Morgan fingerprint density at radius 3 is 1.76 bits per heavy atom. The van der Waals surface area contributed by atoms with Gasteiger partial charge in [0, 0.05) is 6.42 Å². The molecule has 0 heterocycles. The van der Waals surface area contributed by atoms with E-state index in [-0.39, 0.29) is 5.97 Å². The zero-order valence-electron chi connectivity index (χ0n) is 16.6. The van der Waals surface area contributed by atoms with Gasteiger partial charge in [-0.25, -0.2) is 0 Å². The number of carbonyl (C=O) groups excluding carboxylic acids is 1. The van der Waals surface area contributed by atoms with E-state index in [9.17, 15) is 4.79 Å². The van der Waals surface area contributed by atoms with Gasteiger partial charge in [-0.2, -0.15) is 0 Å². The van der Waals surface area contributed by atoms with Crippen molar-refractivity contribution in [1.29, 1.82) is 0 Å². The van der Waals surface area contributed by atoms with E-state index in [0.29, 0.717) is 59.3 Å². The van der Waals surface area contributed by atoms with Crippen LogP contribution in [-0.2, 0) is 28.2 Å². The number of esters is 1. The molecule has 6 nitrogen and oxygen atoms in total. The molecule has 150 valence electrons. The minimum absolute atomic E-state index is 0.133. The molecule has 0 aliphatic rings. The van der Waals surface area contributed by atoms with Crippen LogP contribution < -0.4 is 0 Å². The third kappa shape index (κ3) is 21.5. The van der Waals surface area contributed by atoms with Crippen molar-refractivity contribution in [2.75, 3.05) is 52.9 Å². The Morgan fingerprint density at radius 2 is 1.24 bits per heavy atom. The van der Waals surface area contributed by atoms with Crippen LogP contribution in [0.2, 0.25) is 19.6 Å². The van der Waals surface area contributed by atoms with E-state index in [1.165, 1.54) is 12.8 Å². The molecule has 0 bridgehead atoms. The molecule has 0 aliphatic heterocycles. The van der Waals surface area contributed by atoms with Crippen LogP contribution in [0.3, 0.4) is 0 Å². The Kier molecular flexibility index (Phi) is 16.6. The number of rotatable bonds is 18. The third-order valence-corrected chi connectivity index (χ3v) is 4.30. The Hall–Kier alpha value is -0.473. The maximum Gasteiger partial charge on any atom is 0.305 e. The number of hydrogen-bond donors (Lipinski definition) is 0. The maximum absolute atomic E-state index is 11.4. The van der Waals surface area contributed by atoms with Crippen molar-refractivity contribution in [2.45, 2.75) is 58.7 Å². The number of hydrogen-bond acceptors (Lipinski definition) is 6. The minimum Gasteiger partial charge on any atom is -0.463 e. The van der Waals surface area contributed by atoms with Gasteiger partial charge >= 0.3 is 5.97 Å². The van der Waals surface area contributed by atoms with Crippen LogP contribution in [0, 0.1) is 0 Å². The topological polar surface area (TPSA) is 63.2 Å². The van der Waals surface area contributed by atoms with Crippen LogP contribution in [0.15, 0.2) is 0 Å². The summed E-state index contributed by atoms with van der Waals surface area (Å²) >= 11 is 0. The lowest BCUT2D eigenvalue weighted by molar-refractivity contribution is -0.145. The zero-order chi connectivity index (χ0) is 18.8. The fourth-order valence-corrected chi connectivity index (χ4v) is 2.63. The Bertz CT molecular complexity index is 306. The fraction of sp³-hybridized carbons (Fsp3) is 0.944. The maximum atomic E-state index is 11.4. The Labute approximate surface area is 154 Å². The molecular formula is C18H38O6Si. The van der Waals surface area contributed by atoms with Gasteiger partial charge in [0.25, 0.3) is 0 Å². The van der Waals surface area contributed by atoms with Crippen molar-refractivity contribution in [2.24, 2.45) is 0 Å². The highest BCUT2D eigenvalue weighted by molar-refractivity contribution is 6.69. The molecule has 0 atom stereocenters. The summed E-state index contributed by atoms with van der Waals surface area (Å²) in [5.41, 5.74) is 0. The number of ether oxygens (including phenoxy) is 4. The molecule has 0 aromatic carbocycles. The first-order chi connectivity index (χ1) is 12.0. The molecule has 0 saturated heterocycles. The largest absolute Gasteiger partial charge is 0.463 e. The van der Waals surface area contributed by atoms with Crippen molar-refractivity contribution in [1.82, 2.24) is 0 Å². The number of unbranched alkanes of at least 4 members (excludes halogenated alkanes) is 3. The monoisotopic (exact) mass is 378 g/mol. The predicted octanol–water partition coefficient (Wildman–Crippen LogP) is 3.40. The lowest BCUT2D eigenvalue weighted by Crippen LogP contribution is -2.27. The predicted molar refractivity (Wildman–Crippen MR) is 101 cm³/mol. The van der Waals surface area contributed by atoms with Gasteiger partial charge in [0.1, 0.15) is 6.61 Å². The summed E-state index contributed by atoms with van der Waals surface area (Å²) in [4.78, 5) is 11.4. The third-order valence-electron chi connectivity index (χ3n) is 3.23. The van der Waals surface area contributed by atoms with Gasteiger partial charge in [0.05, 0.1) is 46.2 Å². The molecule has 0 saturated carbocycles. The summed E-state index contributed by atoms with van der Waals surface area (Å²) in [5, 5.41) is 0. The van der Waals surface area contributed by atoms with E-state index in [4.69, 9.17) is 23.4 Å². The van der Waals surface area contributed by atoms with Crippen molar-refractivity contribution in [3.63, 3.8) is 0 Å². The SMILES string of the molecule is CCCCCCC(=O)OCCOCCOCCOCCO[Si](C)(C)C. The van der Waals surface area contributed by atoms with Gasteiger partial charge in [-0.3, -0.25) is 4.79 Å². The summed E-state index contributed by atoms with van der Waals surface area (Å²) in [6, 6.07) is 0. The summed E-state index contributed by atoms with van der Waals surface area (Å²) in [6.07, 6.45) is 4.85. The first kappa shape index (κ1) is 24.5. The summed E-state index contributed by atoms with van der Waals surface area (Å²) in [7, 11) is -1.43. The average molecular weight is 379 g/mol. The Morgan fingerprint density at radius 1 is 0.720 bits per heavy atom. The lowest BCUT2D eigenvalue weighted by atomic mass is 10.2. The molecule has 0 unspecified atom stereocenters. The van der Waals surface area contributed by atoms with Gasteiger partial charge in [0.2, 0.25) is 0 Å². The second-order valence-corrected chi connectivity index (χ2v) is 11.3. The molecule has 0 spiro atoms. The highest BCUT2D eigenvalue weighted by Gasteiger charge is 2.12. The van der Waals surface area contributed by atoms with Gasteiger partial charge in [-0.1, -0.05) is 26.2 Å². The molecule has 0 rings (SSSR count). The van der Waals surface area contributed by atoms with Crippen molar-refractivity contribution in [3.8, 4) is 0 Å². The molecule has 0 aliphatic carbocycles. The molecular weight excluding hydrogens is 340 g/mol.